The van der Waals surface area contributed by atoms with Crippen molar-refractivity contribution in [2.45, 2.75) is 70.7 Å². The van der Waals surface area contributed by atoms with Crippen LogP contribution < -0.4 is 4.74 Å². The molecule has 198 valence electrons. The molecule has 1 aliphatic carbocycles. The fourth-order valence-corrected chi connectivity index (χ4v) is 6.48. The number of ether oxygens (including phenoxy) is 1. The van der Waals surface area contributed by atoms with Crippen molar-refractivity contribution in [1.29, 1.82) is 0 Å². The Balaban J connectivity index is 1.07. The van der Waals surface area contributed by atoms with E-state index in [1.807, 2.05) is 30.3 Å². The van der Waals surface area contributed by atoms with Crippen molar-refractivity contribution < 1.29 is 22.7 Å². The lowest BCUT2D eigenvalue weighted by Gasteiger charge is -2.31. The van der Waals surface area contributed by atoms with Crippen LogP contribution in [0.5, 0.6) is 5.19 Å². The molecule has 0 amide bonds. The highest BCUT2D eigenvalue weighted by molar-refractivity contribution is 7.13. The standard InChI is InChI=1S/C28H32F3N3O2S/c1-18(28(29,30)31)36-27-33-24-17-34(15-12-26(24)37-27)14-11-19-7-9-20(10-8-19)16-25(35)22-4-2-6-23-21(22)5-3-13-32-23/h2-6,13,18-20H,7-12,14-17H2,1H3. The van der Waals surface area contributed by atoms with Gasteiger partial charge in [-0.15, -0.1) is 0 Å². The fraction of sp³-hybridized carbons (Fsp3) is 0.536. The number of halogens is 3. The summed E-state index contributed by atoms with van der Waals surface area (Å²) in [4.78, 5) is 25.1. The van der Waals surface area contributed by atoms with Gasteiger partial charge in [-0.2, -0.15) is 13.2 Å². The molecule has 2 aliphatic rings. The van der Waals surface area contributed by atoms with Gasteiger partial charge < -0.3 is 4.74 Å². The number of pyridine rings is 1. The maximum Gasteiger partial charge on any atom is 0.425 e. The zero-order valence-electron chi connectivity index (χ0n) is 21.0. The third-order valence-electron chi connectivity index (χ3n) is 7.77. The van der Waals surface area contributed by atoms with Crippen LogP contribution in [0.25, 0.3) is 10.9 Å². The first-order chi connectivity index (χ1) is 17.8. The van der Waals surface area contributed by atoms with Gasteiger partial charge in [0.05, 0.1) is 11.2 Å². The van der Waals surface area contributed by atoms with Gasteiger partial charge in [0, 0.05) is 41.5 Å². The normalized spacial score (nSPS) is 21.5. The van der Waals surface area contributed by atoms with Crippen LogP contribution >= 0.6 is 11.3 Å². The molecule has 1 aromatic carbocycles. The second-order valence-electron chi connectivity index (χ2n) is 10.4. The molecule has 37 heavy (non-hydrogen) atoms. The molecular weight excluding hydrogens is 499 g/mol. The summed E-state index contributed by atoms with van der Waals surface area (Å²) in [5.74, 6) is 1.29. The summed E-state index contributed by atoms with van der Waals surface area (Å²) >= 11 is 1.24. The van der Waals surface area contributed by atoms with Crippen molar-refractivity contribution in [2.75, 3.05) is 13.1 Å². The van der Waals surface area contributed by atoms with Gasteiger partial charge in [0.1, 0.15) is 0 Å². The summed E-state index contributed by atoms with van der Waals surface area (Å²) in [5, 5.41) is 1.05. The van der Waals surface area contributed by atoms with Gasteiger partial charge in [-0.3, -0.25) is 14.7 Å². The average molecular weight is 532 g/mol. The molecule has 3 aromatic rings. The van der Waals surface area contributed by atoms with Crippen molar-refractivity contribution in [3.8, 4) is 5.19 Å². The van der Waals surface area contributed by atoms with Gasteiger partial charge in [-0.25, -0.2) is 4.98 Å². The highest BCUT2D eigenvalue weighted by atomic mass is 32.1. The summed E-state index contributed by atoms with van der Waals surface area (Å²) in [6.07, 6.45) is 2.43. The van der Waals surface area contributed by atoms with Crippen LogP contribution in [-0.2, 0) is 13.0 Å². The third-order valence-corrected chi connectivity index (χ3v) is 8.81. The number of Topliss-reactive ketones (excluding diaryl/α,β-unsaturated/α-hetero) is 1. The van der Waals surface area contributed by atoms with Crippen LogP contribution in [0.3, 0.4) is 0 Å². The molecule has 9 heteroatoms. The van der Waals surface area contributed by atoms with Crippen LogP contribution in [0.2, 0.25) is 0 Å². The topological polar surface area (TPSA) is 55.3 Å². The van der Waals surface area contributed by atoms with Crippen molar-refractivity contribution >= 4 is 28.0 Å². The first-order valence-corrected chi connectivity index (χ1v) is 13.9. The molecule has 1 saturated carbocycles. The molecule has 0 spiro atoms. The summed E-state index contributed by atoms with van der Waals surface area (Å²) in [6.45, 7) is 3.54. The monoisotopic (exact) mass is 531 g/mol. The molecule has 0 bridgehead atoms. The molecule has 1 fully saturated rings. The van der Waals surface area contributed by atoms with Crippen LogP contribution in [0.1, 0.15) is 66.4 Å². The van der Waals surface area contributed by atoms with E-state index in [0.717, 1.165) is 85.6 Å². The van der Waals surface area contributed by atoms with Gasteiger partial charge in [0.2, 0.25) is 0 Å². The number of hydrogen-bond acceptors (Lipinski definition) is 6. The summed E-state index contributed by atoms with van der Waals surface area (Å²) in [6, 6.07) is 9.61. The van der Waals surface area contributed by atoms with Crippen LogP contribution in [-0.4, -0.2) is 46.0 Å². The molecular formula is C28H32F3N3O2S. The number of carbonyl (C=O) groups is 1. The average Bonchev–Trinajstić information content (AvgIpc) is 3.29. The Labute approximate surface area is 219 Å². The number of alkyl halides is 3. The number of fused-ring (bicyclic) bond motifs is 2. The van der Waals surface area contributed by atoms with Gasteiger partial charge >= 0.3 is 6.18 Å². The number of aromatic nitrogens is 2. The molecule has 2 aromatic heterocycles. The minimum absolute atomic E-state index is 0.115. The van der Waals surface area contributed by atoms with E-state index < -0.39 is 12.3 Å². The molecule has 0 radical (unpaired) electrons. The summed E-state index contributed by atoms with van der Waals surface area (Å²) in [7, 11) is 0. The Morgan fingerprint density at radius 1 is 1.16 bits per heavy atom. The van der Waals surface area contributed by atoms with Crippen molar-refractivity contribution in [2.24, 2.45) is 11.8 Å². The highest BCUT2D eigenvalue weighted by Gasteiger charge is 2.39. The maximum atomic E-state index is 13.0. The minimum atomic E-state index is -4.39. The van der Waals surface area contributed by atoms with E-state index >= 15 is 0 Å². The lowest BCUT2D eigenvalue weighted by molar-refractivity contribution is -0.189. The van der Waals surface area contributed by atoms with E-state index in [0.29, 0.717) is 24.8 Å². The first-order valence-electron chi connectivity index (χ1n) is 13.1. The van der Waals surface area contributed by atoms with E-state index in [4.69, 9.17) is 4.74 Å². The first kappa shape index (κ1) is 26.1. The predicted octanol–water partition coefficient (Wildman–Crippen LogP) is 6.85. The second-order valence-corrected chi connectivity index (χ2v) is 11.4. The van der Waals surface area contributed by atoms with E-state index in [9.17, 15) is 18.0 Å². The lowest BCUT2D eigenvalue weighted by Crippen LogP contribution is -2.32. The van der Waals surface area contributed by atoms with Crippen LogP contribution in [0.4, 0.5) is 13.2 Å². The molecule has 0 N–H and O–H groups in total. The maximum absolute atomic E-state index is 13.0. The molecule has 0 saturated heterocycles. The number of hydrogen-bond donors (Lipinski definition) is 0. The highest BCUT2D eigenvalue weighted by Crippen LogP contribution is 2.36. The van der Waals surface area contributed by atoms with Crippen molar-refractivity contribution in [3.05, 3.63) is 52.7 Å². The Morgan fingerprint density at radius 3 is 2.73 bits per heavy atom. The predicted molar refractivity (Wildman–Crippen MR) is 138 cm³/mol. The molecule has 1 unspecified atom stereocenters. The van der Waals surface area contributed by atoms with E-state index in [2.05, 4.69) is 14.9 Å². The van der Waals surface area contributed by atoms with E-state index in [1.165, 1.54) is 11.3 Å². The van der Waals surface area contributed by atoms with Crippen molar-refractivity contribution in [1.82, 2.24) is 14.9 Å². The molecule has 5 nitrogen and oxygen atoms in total. The van der Waals surface area contributed by atoms with Crippen LogP contribution in [0.15, 0.2) is 36.5 Å². The zero-order valence-corrected chi connectivity index (χ0v) is 21.8. The Bertz CT molecular complexity index is 1230. The third kappa shape index (κ3) is 6.32. The molecule has 1 atom stereocenters. The Kier molecular flexibility index (Phi) is 7.81. The molecule has 1 aliphatic heterocycles. The van der Waals surface area contributed by atoms with E-state index in [-0.39, 0.29) is 11.0 Å². The van der Waals surface area contributed by atoms with Gasteiger partial charge in [-0.05, 0) is 63.1 Å². The van der Waals surface area contributed by atoms with Gasteiger partial charge in [0.25, 0.3) is 5.19 Å². The van der Waals surface area contributed by atoms with Gasteiger partial charge in [-0.1, -0.05) is 42.4 Å². The molecule has 5 rings (SSSR count). The minimum Gasteiger partial charge on any atom is -0.457 e. The summed E-state index contributed by atoms with van der Waals surface area (Å²) in [5.41, 5.74) is 2.49. The number of rotatable bonds is 8. The quantitative estimate of drug-likeness (QED) is 0.298. The molecule has 3 heterocycles. The zero-order chi connectivity index (χ0) is 26.0. The largest absolute Gasteiger partial charge is 0.457 e. The number of ketones is 1. The van der Waals surface area contributed by atoms with Crippen LogP contribution in [0, 0.1) is 11.8 Å². The Morgan fingerprint density at radius 2 is 1.95 bits per heavy atom. The summed E-state index contributed by atoms with van der Waals surface area (Å²) < 4.78 is 43.5. The van der Waals surface area contributed by atoms with Crippen molar-refractivity contribution in [3.63, 3.8) is 0 Å². The SMILES string of the molecule is CC(Oc1nc2c(s1)CCN(CCC1CCC(CC(=O)c3cccc4ncccc34)CC1)C2)C(F)(F)F. The number of nitrogens with zero attached hydrogens (tertiary/aromatic N) is 3. The second kappa shape index (κ2) is 11.1. The fourth-order valence-electron chi connectivity index (χ4n) is 5.50. The number of thiazole rings is 1. The smallest absolute Gasteiger partial charge is 0.425 e. The lowest BCUT2D eigenvalue weighted by atomic mass is 9.78. The number of benzene rings is 1. The van der Waals surface area contributed by atoms with Gasteiger partial charge in [0.15, 0.2) is 11.9 Å². The van der Waals surface area contributed by atoms with E-state index in [1.54, 1.807) is 6.20 Å². The number of carbonyl (C=O) groups excluding carboxylic acids is 1. The Hall–Kier alpha value is -2.52.